The van der Waals surface area contributed by atoms with Crippen LogP contribution in [0.2, 0.25) is 5.02 Å². The zero-order chi connectivity index (χ0) is 22.4. The predicted octanol–water partition coefficient (Wildman–Crippen LogP) is 4.57. The average molecular weight is 459 g/mol. The SMILES string of the molecule is CCOC(=O)c1ccc(NC(=O)c2ccccc2NS(=O)(=O)c2ccc(Cl)cc2)cc1. The van der Waals surface area contributed by atoms with Crippen molar-refractivity contribution in [3.05, 3.63) is 88.9 Å². The highest BCUT2D eigenvalue weighted by molar-refractivity contribution is 7.92. The van der Waals surface area contributed by atoms with Crippen molar-refractivity contribution in [2.45, 2.75) is 11.8 Å². The van der Waals surface area contributed by atoms with E-state index in [0.29, 0.717) is 16.3 Å². The van der Waals surface area contributed by atoms with E-state index in [9.17, 15) is 18.0 Å². The minimum absolute atomic E-state index is 0.0154. The normalized spacial score (nSPS) is 10.9. The number of carbonyl (C=O) groups is 2. The zero-order valence-corrected chi connectivity index (χ0v) is 18.0. The van der Waals surface area contributed by atoms with Crippen LogP contribution in [0.3, 0.4) is 0 Å². The van der Waals surface area contributed by atoms with Gasteiger partial charge in [-0.15, -0.1) is 0 Å². The van der Waals surface area contributed by atoms with E-state index in [4.69, 9.17) is 16.3 Å². The molecule has 7 nitrogen and oxygen atoms in total. The van der Waals surface area contributed by atoms with E-state index in [0.717, 1.165) is 0 Å². The first kappa shape index (κ1) is 22.3. The van der Waals surface area contributed by atoms with Gasteiger partial charge in [-0.05, 0) is 67.6 Å². The fourth-order valence-corrected chi connectivity index (χ4v) is 3.90. The van der Waals surface area contributed by atoms with Crippen molar-refractivity contribution >= 4 is 44.9 Å². The summed E-state index contributed by atoms with van der Waals surface area (Å²) in [6, 6.07) is 18.1. The van der Waals surface area contributed by atoms with Gasteiger partial charge in [0.05, 0.1) is 28.3 Å². The summed E-state index contributed by atoms with van der Waals surface area (Å²) in [5, 5.41) is 3.10. The van der Waals surface area contributed by atoms with Gasteiger partial charge in [0.1, 0.15) is 0 Å². The number of rotatable bonds is 7. The van der Waals surface area contributed by atoms with Gasteiger partial charge in [-0.3, -0.25) is 9.52 Å². The summed E-state index contributed by atoms with van der Waals surface area (Å²) in [7, 11) is -3.92. The van der Waals surface area contributed by atoms with Gasteiger partial charge < -0.3 is 10.1 Å². The smallest absolute Gasteiger partial charge is 0.338 e. The molecule has 9 heteroatoms. The highest BCUT2D eigenvalue weighted by Gasteiger charge is 2.19. The Bertz CT molecular complexity index is 1190. The summed E-state index contributed by atoms with van der Waals surface area (Å²) >= 11 is 5.81. The molecule has 0 saturated heterocycles. The van der Waals surface area contributed by atoms with Gasteiger partial charge in [-0.2, -0.15) is 0 Å². The Balaban J connectivity index is 1.79. The predicted molar refractivity (Wildman–Crippen MR) is 119 cm³/mol. The van der Waals surface area contributed by atoms with Gasteiger partial charge in [-0.25, -0.2) is 13.2 Å². The van der Waals surface area contributed by atoms with Crippen LogP contribution in [0, 0.1) is 0 Å². The van der Waals surface area contributed by atoms with Gasteiger partial charge in [0.25, 0.3) is 15.9 Å². The van der Waals surface area contributed by atoms with Crippen LogP contribution in [0.15, 0.2) is 77.7 Å². The lowest BCUT2D eigenvalue weighted by molar-refractivity contribution is 0.0526. The van der Waals surface area contributed by atoms with E-state index in [-0.39, 0.29) is 22.8 Å². The fraction of sp³-hybridized carbons (Fsp3) is 0.0909. The molecule has 0 bridgehead atoms. The topological polar surface area (TPSA) is 102 Å². The third-order valence-electron chi connectivity index (χ3n) is 4.19. The number of amides is 1. The number of ether oxygens (including phenoxy) is 1. The number of nitrogens with one attached hydrogen (secondary N) is 2. The first-order valence-electron chi connectivity index (χ1n) is 9.26. The maximum atomic E-state index is 12.8. The van der Waals surface area contributed by atoms with Crippen LogP contribution in [0.4, 0.5) is 11.4 Å². The van der Waals surface area contributed by atoms with Crippen molar-refractivity contribution in [2.75, 3.05) is 16.6 Å². The third kappa shape index (κ3) is 5.62. The van der Waals surface area contributed by atoms with E-state index in [1.807, 2.05) is 0 Å². The number of carbonyl (C=O) groups excluding carboxylic acids is 2. The molecule has 0 fully saturated rings. The van der Waals surface area contributed by atoms with Crippen LogP contribution in [-0.4, -0.2) is 26.9 Å². The van der Waals surface area contributed by atoms with Crippen molar-refractivity contribution in [3.63, 3.8) is 0 Å². The Labute approximate surface area is 185 Å². The molecule has 0 unspecified atom stereocenters. The quantitative estimate of drug-likeness (QED) is 0.505. The van der Waals surface area contributed by atoms with Crippen LogP contribution in [-0.2, 0) is 14.8 Å². The lowest BCUT2D eigenvalue weighted by Gasteiger charge is -2.13. The van der Waals surface area contributed by atoms with Gasteiger partial charge in [0, 0.05) is 10.7 Å². The largest absolute Gasteiger partial charge is 0.462 e. The highest BCUT2D eigenvalue weighted by Crippen LogP contribution is 2.22. The molecule has 0 atom stereocenters. The molecule has 0 saturated carbocycles. The fourth-order valence-electron chi connectivity index (χ4n) is 2.69. The Kier molecular flexibility index (Phi) is 6.94. The summed E-state index contributed by atoms with van der Waals surface area (Å²) in [6.07, 6.45) is 0. The lowest BCUT2D eigenvalue weighted by atomic mass is 10.1. The molecule has 1 amide bonds. The Morgan fingerprint density at radius 1 is 0.935 bits per heavy atom. The second-order valence-corrected chi connectivity index (χ2v) is 8.48. The van der Waals surface area contributed by atoms with Gasteiger partial charge in [0.15, 0.2) is 0 Å². The van der Waals surface area contributed by atoms with Crippen LogP contribution in [0.1, 0.15) is 27.6 Å². The molecular weight excluding hydrogens is 440 g/mol. The molecule has 0 aliphatic heterocycles. The molecule has 0 aliphatic carbocycles. The number of esters is 1. The van der Waals surface area contributed by atoms with E-state index < -0.39 is 21.9 Å². The number of hydrogen-bond donors (Lipinski definition) is 2. The molecule has 0 aliphatic rings. The molecular formula is C22H19ClN2O5S. The third-order valence-corrected chi connectivity index (χ3v) is 5.83. The van der Waals surface area contributed by atoms with Crippen molar-refractivity contribution in [2.24, 2.45) is 0 Å². The molecule has 0 radical (unpaired) electrons. The summed E-state index contributed by atoms with van der Waals surface area (Å²) < 4.78 is 32.7. The van der Waals surface area contributed by atoms with Crippen molar-refractivity contribution in [3.8, 4) is 0 Å². The van der Waals surface area contributed by atoms with Crippen LogP contribution in [0.25, 0.3) is 0 Å². The second-order valence-electron chi connectivity index (χ2n) is 6.36. The zero-order valence-electron chi connectivity index (χ0n) is 16.5. The molecule has 2 N–H and O–H groups in total. The van der Waals surface area contributed by atoms with E-state index >= 15 is 0 Å². The number of anilines is 2. The van der Waals surface area contributed by atoms with E-state index in [1.165, 1.54) is 48.5 Å². The maximum Gasteiger partial charge on any atom is 0.338 e. The number of halogens is 1. The second kappa shape index (κ2) is 9.63. The first-order chi connectivity index (χ1) is 14.8. The summed E-state index contributed by atoms with van der Waals surface area (Å²) in [5.41, 5.74) is 1.05. The van der Waals surface area contributed by atoms with Crippen molar-refractivity contribution in [1.82, 2.24) is 0 Å². The molecule has 3 aromatic carbocycles. The molecule has 0 heterocycles. The minimum atomic E-state index is -3.92. The number of benzene rings is 3. The molecule has 160 valence electrons. The van der Waals surface area contributed by atoms with Gasteiger partial charge in [-0.1, -0.05) is 23.7 Å². The molecule has 3 rings (SSSR count). The summed E-state index contributed by atoms with van der Waals surface area (Å²) in [6.45, 7) is 1.98. The molecule has 0 spiro atoms. The number of para-hydroxylation sites is 1. The number of sulfonamides is 1. The standard InChI is InChI=1S/C22H19ClN2O5S/c1-2-30-22(27)15-7-11-17(12-8-15)24-21(26)19-5-3-4-6-20(19)25-31(28,29)18-13-9-16(23)10-14-18/h3-14,25H,2H2,1H3,(H,24,26). The van der Waals surface area contributed by atoms with Gasteiger partial charge >= 0.3 is 5.97 Å². The lowest BCUT2D eigenvalue weighted by Crippen LogP contribution is -2.18. The Morgan fingerprint density at radius 2 is 1.58 bits per heavy atom. The monoisotopic (exact) mass is 458 g/mol. The van der Waals surface area contributed by atoms with Crippen molar-refractivity contribution < 1.29 is 22.7 Å². The Hall–Kier alpha value is -3.36. The summed E-state index contributed by atoms with van der Waals surface area (Å²) in [4.78, 5) is 24.5. The maximum absolute atomic E-state index is 12.8. The van der Waals surface area contributed by atoms with Crippen LogP contribution < -0.4 is 10.0 Å². The average Bonchev–Trinajstić information content (AvgIpc) is 2.75. The molecule has 0 aromatic heterocycles. The van der Waals surface area contributed by atoms with Gasteiger partial charge in [0.2, 0.25) is 0 Å². The highest BCUT2D eigenvalue weighted by atomic mass is 35.5. The first-order valence-corrected chi connectivity index (χ1v) is 11.1. The molecule has 3 aromatic rings. The Morgan fingerprint density at radius 3 is 2.23 bits per heavy atom. The molecule has 31 heavy (non-hydrogen) atoms. The number of hydrogen-bond acceptors (Lipinski definition) is 5. The van der Waals surface area contributed by atoms with E-state index in [2.05, 4.69) is 10.0 Å². The van der Waals surface area contributed by atoms with E-state index in [1.54, 1.807) is 31.2 Å². The van der Waals surface area contributed by atoms with Crippen molar-refractivity contribution in [1.29, 1.82) is 0 Å². The minimum Gasteiger partial charge on any atom is -0.462 e. The summed E-state index contributed by atoms with van der Waals surface area (Å²) in [5.74, 6) is -0.972. The van der Waals surface area contributed by atoms with Crippen LogP contribution in [0.5, 0.6) is 0 Å². The van der Waals surface area contributed by atoms with Crippen LogP contribution >= 0.6 is 11.6 Å².